The first-order valence-electron chi connectivity index (χ1n) is 9.63. The molecule has 0 spiro atoms. The number of rotatable bonds is 5. The van der Waals surface area contributed by atoms with E-state index in [4.69, 9.17) is 14.5 Å². The van der Waals surface area contributed by atoms with Crippen LogP contribution in [-0.2, 0) is 0 Å². The molecule has 0 unspecified atom stereocenters. The van der Waals surface area contributed by atoms with Crippen molar-refractivity contribution in [3.05, 3.63) is 71.4 Å². The summed E-state index contributed by atoms with van der Waals surface area (Å²) in [5.74, 6) is 2.07. The van der Waals surface area contributed by atoms with Gasteiger partial charge in [0.15, 0.2) is 11.5 Å². The molecule has 0 bridgehead atoms. The van der Waals surface area contributed by atoms with E-state index in [-0.39, 0.29) is 11.6 Å². The summed E-state index contributed by atoms with van der Waals surface area (Å²) in [6.07, 6.45) is 4.14. The maximum absolute atomic E-state index is 12.3. The van der Waals surface area contributed by atoms with E-state index < -0.39 is 5.56 Å². The Bertz CT molecular complexity index is 1500. The molecule has 0 aliphatic heterocycles. The molecule has 1 N–H and O–H groups in total. The van der Waals surface area contributed by atoms with Crippen molar-refractivity contribution >= 4 is 28.2 Å². The van der Waals surface area contributed by atoms with Crippen LogP contribution in [0.1, 0.15) is 0 Å². The minimum absolute atomic E-state index is 0.152. The van der Waals surface area contributed by atoms with Gasteiger partial charge in [0.05, 0.1) is 20.4 Å². The Morgan fingerprint density at radius 2 is 1.81 bits per heavy atom. The first-order chi connectivity index (χ1) is 15.7. The maximum Gasteiger partial charge on any atom is 0.295 e. The van der Waals surface area contributed by atoms with Crippen molar-refractivity contribution in [2.45, 2.75) is 0 Å². The van der Waals surface area contributed by atoms with Crippen LogP contribution < -0.4 is 20.3 Å². The molecule has 5 aromatic rings. The number of para-hydroxylation sites is 1. The van der Waals surface area contributed by atoms with Gasteiger partial charge in [-0.2, -0.15) is 4.52 Å². The molecule has 0 fully saturated rings. The Balaban J connectivity index is 1.76. The average Bonchev–Trinajstić information content (AvgIpc) is 3.19. The van der Waals surface area contributed by atoms with Crippen molar-refractivity contribution in [1.29, 1.82) is 0 Å². The van der Waals surface area contributed by atoms with E-state index in [0.29, 0.717) is 22.7 Å². The van der Waals surface area contributed by atoms with E-state index in [0.717, 1.165) is 16.7 Å². The number of nitrogens with zero attached hydrogens (tertiary/aromatic N) is 6. The summed E-state index contributed by atoms with van der Waals surface area (Å²) in [4.78, 5) is 29.5. The minimum Gasteiger partial charge on any atom is -0.497 e. The molecule has 158 valence electrons. The zero-order valence-corrected chi connectivity index (χ0v) is 17.2. The quantitative estimate of drug-likeness (QED) is 0.452. The molecular weight excluding hydrogens is 410 g/mol. The number of nitrogens with one attached hydrogen (secondary N) is 1. The molecule has 2 aromatic carbocycles. The predicted octanol–water partition coefficient (Wildman–Crippen LogP) is 2.86. The van der Waals surface area contributed by atoms with Crippen LogP contribution in [0.25, 0.3) is 27.9 Å². The van der Waals surface area contributed by atoms with Crippen molar-refractivity contribution in [3.63, 3.8) is 0 Å². The van der Waals surface area contributed by atoms with Gasteiger partial charge < -0.3 is 14.8 Å². The Morgan fingerprint density at radius 1 is 0.969 bits per heavy atom. The largest absolute Gasteiger partial charge is 0.497 e. The molecule has 0 saturated heterocycles. The summed E-state index contributed by atoms with van der Waals surface area (Å²) in [7, 11) is 3.18. The van der Waals surface area contributed by atoms with Crippen molar-refractivity contribution in [3.8, 4) is 22.9 Å². The van der Waals surface area contributed by atoms with E-state index in [2.05, 4.69) is 25.4 Å². The van der Waals surface area contributed by atoms with Crippen LogP contribution in [0.2, 0.25) is 0 Å². The fourth-order valence-electron chi connectivity index (χ4n) is 3.30. The monoisotopic (exact) mass is 427 g/mol. The number of benzene rings is 2. The fraction of sp³-hybridized carbons (Fsp3) is 0.0909. The number of methoxy groups -OCH3 is 2. The van der Waals surface area contributed by atoms with Crippen LogP contribution >= 0.6 is 0 Å². The zero-order valence-electron chi connectivity index (χ0n) is 17.2. The molecule has 0 atom stereocenters. The summed E-state index contributed by atoms with van der Waals surface area (Å²) in [5.41, 5.74) is 1.60. The van der Waals surface area contributed by atoms with E-state index >= 15 is 0 Å². The minimum atomic E-state index is -0.479. The lowest BCUT2D eigenvalue weighted by Gasteiger charge is -2.09. The fourth-order valence-corrected chi connectivity index (χ4v) is 3.30. The summed E-state index contributed by atoms with van der Waals surface area (Å²) in [5, 5.41) is 8.39. The molecule has 0 aliphatic rings. The average molecular weight is 427 g/mol. The molecule has 0 saturated carbocycles. The standard InChI is InChI=1S/C22H17N7O3/c1-31-14-8-6-13(7-9-14)19-27-20-15-4-3-5-17(32-2)18(15)26-22(29(20)28-19)25-16-12-23-10-11-24-21(16)30/h3-12H,1-2H3,(H,24,25,26,30). The highest BCUT2D eigenvalue weighted by Crippen LogP contribution is 2.30. The SMILES string of the molecule is COc1ccc(-c2nc3c4cccc(OC)c4nc(Nc4cnccnc4=O)n3n2)cc1. The lowest BCUT2D eigenvalue weighted by molar-refractivity contribution is 0.415. The molecule has 3 aromatic heterocycles. The van der Waals surface area contributed by atoms with Gasteiger partial charge >= 0.3 is 0 Å². The Morgan fingerprint density at radius 3 is 2.59 bits per heavy atom. The van der Waals surface area contributed by atoms with Gasteiger partial charge in [-0.3, -0.25) is 9.78 Å². The first kappa shape index (κ1) is 19.4. The first-order valence-corrected chi connectivity index (χ1v) is 9.63. The second-order valence-corrected chi connectivity index (χ2v) is 6.74. The van der Waals surface area contributed by atoms with Crippen LogP contribution in [0.3, 0.4) is 0 Å². The van der Waals surface area contributed by atoms with E-state index in [9.17, 15) is 4.79 Å². The highest BCUT2D eigenvalue weighted by Gasteiger charge is 2.17. The predicted molar refractivity (Wildman–Crippen MR) is 118 cm³/mol. The molecule has 10 heteroatoms. The number of fused-ring (bicyclic) bond motifs is 3. The molecule has 0 amide bonds. The van der Waals surface area contributed by atoms with Gasteiger partial charge in [0, 0.05) is 23.3 Å². The molecule has 3 heterocycles. The molecule has 5 rings (SSSR count). The lowest BCUT2D eigenvalue weighted by atomic mass is 10.2. The molecule has 0 aliphatic carbocycles. The molecule has 10 nitrogen and oxygen atoms in total. The molecule has 32 heavy (non-hydrogen) atoms. The van der Waals surface area contributed by atoms with Crippen LogP contribution in [0, 0.1) is 0 Å². The third-order valence-electron chi connectivity index (χ3n) is 4.86. The highest BCUT2D eigenvalue weighted by molar-refractivity contribution is 5.96. The summed E-state index contributed by atoms with van der Waals surface area (Å²) < 4.78 is 12.3. The van der Waals surface area contributed by atoms with E-state index in [1.54, 1.807) is 24.8 Å². The van der Waals surface area contributed by atoms with Gasteiger partial charge in [-0.1, -0.05) is 6.07 Å². The number of hydrogen-bond donors (Lipinski definition) is 1. The third-order valence-corrected chi connectivity index (χ3v) is 4.86. The summed E-state index contributed by atoms with van der Waals surface area (Å²) in [6.45, 7) is 0. The topological polar surface area (TPSA) is 116 Å². The highest BCUT2D eigenvalue weighted by atomic mass is 16.5. The maximum atomic E-state index is 12.3. The molecule has 0 radical (unpaired) electrons. The summed E-state index contributed by atoms with van der Waals surface area (Å²) in [6, 6.07) is 13.0. The third kappa shape index (κ3) is 3.33. The Kier molecular flexibility index (Phi) is 4.79. The van der Waals surface area contributed by atoms with Crippen molar-refractivity contribution in [2.75, 3.05) is 19.5 Å². The summed E-state index contributed by atoms with van der Waals surface area (Å²) >= 11 is 0. The van der Waals surface area contributed by atoms with Gasteiger partial charge in [-0.15, -0.1) is 5.10 Å². The van der Waals surface area contributed by atoms with Crippen LogP contribution in [-0.4, -0.2) is 43.8 Å². The smallest absolute Gasteiger partial charge is 0.295 e. The number of aromatic nitrogens is 6. The van der Waals surface area contributed by atoms with Gasteiger partial charge in [-0.25, -0.2) is 15.0 Å². The second-order valence-electron chi connectivity index (χ2n) is 6.74. The zero-order chi connectivity index (χ0) is 22.1. The van der Waals surface area contributed by atoms with Crippen LogP contribution in [0.4, 0.5) is 11.6 Å². The van der Waals surface area contributed by atoms with E-state index in [1.165, 1.54) is 18.6 Å². The van der Waals surface area contributed by atoms with Gasteiger partial charge in [0.1, 0.15) is 22.7 Å². The Hall–Kier alpha value is -4.60. The number of anilines is 2. The Labute approximate surface area is 181 Å². The normalized spacial score (nSPS) is 10.9. The number of ether oxygens (including phenoxy) is 2. The van der Waals surface area contributed by atoms with Crippen molar-refractivity contribution in [1.82, 2.24) is 29.5 Å². The number of hydrogen-bond acceptors (Lipinski definition) is 9. The van der Waals surface area contributed by atoms with Gasteiger partial charge in [0.2, 0.25) is 5.95 Å². The lowest BCUT2D eigenvalue weighted by Crippen LogP contribution is -2.12. The van der Waals surface area contributed by atoms with Crippen LogP contribution in [0.5, 0.6) is 11.5 Å². The van der Waals surface area contributed by atoms with E-state index in [1.807, 2.05) is 36.4 Å². The van der Waals surface area contributed by atoms with Crippen molar-refractivity contribution < 1.29 is 9.47 Å². The molecular formula is C22H17N7O3. The van der Waals surface area contributed by atoms with Gasteiger partial charge in [-0.05, 0) is 36.4 Å². The van der Waals surface area contributed by atoms with Crippen LogP contribution in [0.15, 0.2) is 65.8 Å². The van der Waals surface area contributed by atoms with Gasteiger partial charge in [0.25, 0.3) is 5.56 Å². The van der Waals surface area contributed by atoms with Crippen molar-refractivity contribution in [2.24, 2.45) is 0 Å². The second kappa shape index (κ2) is 7.91.